The summed E-state index contributed by atoms with van der Waals surface area (Å²) in [6.07, 6.45) is 1.06. The molecule has 0 radical (unpaired) electrons. The van der Waals surface area contributed by atoms with Crippen molar-refractivity contribution in [3.05, 3.63) is 65.4 Å². The zero-order chi connectivity index (χ0) is 14.2. The summed E-state index contributed by atoms with van der Waals surface area (Å²) in [5.41, 5.74) is 10.5. The van der Waals surface area contributed by atoms with Gasteiger partial charge in [-0.05, 0) is 41.8 Å². The molecular weight excluding hydrogens is 260 g/mol. The molecule has 2 heterocycles. The van der Waals surface area contributed by atoms with E-state index in [4.69, 9.17) is 10.2 Å². The molecule has 0 aliphatic carbocycles. The summed E-state index contributed by atoms with van der Waals surface area (Å²) in [4.78, 5) is 2.43. The zero-order valence-electron chi connectivity index (χ0n) is 11.9. The van der Waals surface area contributed by atoms with Gasteiger partial charge in [0.25, 0.3) is 0 Å². The van der Waals surface area contributed by atoms with Crippen molar-refractivity contribution in [2.75, 3.05) is 12.3 Å². The van der Waals surface area contributed by atoms with E-state index in [0.29, 0.717) is 0 Å². The molecule has 2 N–H and O–H groups in total. The SMILES string of the molecule is Nc1ccc2c(c1)CCN(Cc1cc3ccccc3o1)C2. The van der Waals surface area contributed by atoms with Crippen molar-refractivity contribution in [2.24, 2.45) is 0 Å². The smallest absolute Gasteiger partial charge is 0.134 e. The number of benzene rings is 2. The lowest BCUT2D eigenvalue weighted by molar-refractivity contribution is 0.228. The second-order valence-electron chi connectivity index (χ2n) is 5.74. The van der Waals surface area contributed by atoms with Gasteiger partial charge in [-0.1, -0.05) is 24.3 Å². The molecule has 21 heavy (non-hydrogen) atoms. The number of nitrogens with two attached hydrogens (primary N) is 1. The maximum Gasteiger partial charge on any atom is 0.134 e. The molecular formula is C18H18N2O. The summed E-state index contributed by atoms with van der Waals surface area (Å²) < 4.78 is 5.92. The number of anilines is 1. The third-order valence-electron chi connectivity index (χ3n) is 4.18. The predicted octanol–water partition coefficient (Wildman–Crippen LogP) is 3.57. The Labute approximate surface area is 124 Å². The lowest BCUT2D eigenvalue weighted by atomic mass is 9.99. The minimum Gasteiger partial charge on any atom is -0.460 e. The first kappa shape index (κ1) is 12.5. The Bertz CT molecular complexity index is 758. The van der Waals surface area contributed by atoms with Crippen LogP contribution in [0.3, 0.4) is 0 Å². The Kier molecular flexibility index (Phi) is 2.93. The van der Waals surface area contributed by atoms with Gasteiger partial charge in [-0.2, -0.15) is 0 Å². The van der Waals surface area contributed by atoms with Crippen molar-refractivity contribution in [1.29, 1.82) is 0 Å². The molecule has 1 aromatic heterocycles. The number of hydrogen-bond donors (Lipinski definition) is 1. The van der Waals surface area contributed by atoms with Gasteiger partial charge in [0.1, 0.15) is 11.3 Å². The molecule has 106 valence electrons. The maximum absolute atomic E-state index is 5.92. The van der Waals surface area contributed by atoms with Gasteiger partial charge in [0, 0.05) is 24.2 Å². The average molecular weight is 278 g/mol. The second kappa shape index (κ2) is 4.93. The van der Waals surface area contributed by atoms with Crippen molar-refractivity contribution in [1.82, 2.24) is 4.90 Å². The molecule has 0 saturated carbocycles. The molecule has 1 aliphatic heterocycles. The number of furan rings is 1. The number of nitrogen functional groups attached to an aromatic ring is 1. The van der Waals surface area contributed by atoms with Gasteiger partial charge in [-0.3, -0.25) is 4.90 Å². The molecule has 3 nitrogen and oxygen atoms in total. The standard InChI is InChI=1S/C18H18N2O/c19-16-6-5-15-11-20(8-7-13(15)9-16)12-17-10-14-3-1-2-4-18(14)21-17/h1-6,9-10H,7-8,11-12,19H2. The Morgan fingerprint density at radius 3 is 2.86 bits per heavy atom. The van der Waals surface area contributed by atoms with Crippen molar-refractivity contribution < 1.29 is 4.42 Å². The molecule has 1 aliphatic rings. The largest absolute Gasteiger partial charge is 0.460 e. The molecule has 0 bridgehead atoms. The predicted molar refractivity (Wildman–Crippen MR) is 84.9 cm³/mol. The topological polar surface area (TPSA) is 42.4 Å². The van der Waals surface area contributed by atoms with Crippen LogP contribution < -0.4 is 5.73 Å². The first-order valence-electron chi connectivity index (χ1n) is 7.35. The van der Waals surface area contributed by atoms with E-state index in [0.717, 1.165) is 43.1 Å². The molecule has 4 rings (SSSR count). The molecule has 3 heteroatoms. The highest BCUT2D eigenvalue weighted by Crippen LogP contribution is 2.25. The summed E-state index contributed by atoms with van der Waals surface area (Å²) in [5, 5.41) is 1.18. The molecule has 0 saturated heterocycles. The van der Waals surface area contributed by atoms with Crippen LogP contribution in [0, 0.1) is 0 Å². The molecule has 2 aromatic carbocycles. The van der Waals surface area contributed by atoms with Crippen molar-refractivity contribution >= 4 is 16.7 Å². The normalized spacial score (nSPS) is 15.2. The number of hydrogen-bond acceptors (Lipinski definition) is 3. The first-order chi connectivity index (χ1) is 10.3. The van der Waals surface area contributed by atoms with E-state index in [1.807, 2.05) is 24.3 Å². The third kappa shape index (κ3) is 2.41. The number of fused-ring (bicyclic) bond motifs is 2. The minimum atomic E-state index is 0.860. The van der Waals surface area contributed by atoms with Gasteiger partial charge in [-0.25, -0.2) is 0 Å². The number of para-hydroxylation sites is 1. The van der Waals surface area contributed by atoms with Crippen LogP contribution in [0.1, 0.15) is 16.9 Å². The van der Waals surface area contributed by atoms with Crippen LogP contribution in [-0.2, 0) is 19.5 Å². The summed E-state index contributed by atoms with van der Waals surface area (Å²) in [6, 6.07) is 16.6. The fourth-order valence-electron chi connectivity index (χ4n) is 3.10. The van der Waals surface area contributed by atoms with Crippen LogP contribution in [0.25, 0.3) is 11.0 Å². The van der Waals surface area contributed by atoms with E-state index < -0.39 is 0 Å². The van der Waals surface area contributed by atoms with Crippen LogP contribution in [0.4, 0.5) is 5.69 Å². The fourth-order valence-corrected chi connectivity index (χ4v) is 3.10. The molecule has 3 aromatic rings. The zero-order valence-corrected chi connectivity index (χ0v) is 11.9. The molecule has 0 fully saturated rings. The summed E-state index contributed by atoms with van der Waals surface area (Å²) >= 11 is 0. The minimum absolute atomic E-state index is 0.860. The third-order valence-corrected chi connectivity index (χ3v) is 4.18. The Hall–Kier alpha value is -2.26. The van der Waals surface area contributed by atoms with Gasteiger partial charge in [0.05, 0.1) is 6.54 Å². The van der Waals surface area contributed by atoms with Gasteiger partial charge in [0.2, 0.25) is 0 Å². The molecule has 0 atom stereocenters. The van der Waals surface area contributed by atoms with Crippen LogP contribution in [0.5, 0.6) is 0 Å². The van der Waals surface area contributed by atoms with E-state index in [2.05, 4.69) is 29.2 Å². The first-order valence-corrected chi connectivity index (χ1v) is 7.35. The monoisotopic (exact) mass is 278 g/mol. The molecule has 0 unspecified atom stereocenters. The molecule has 0 amide bonds. The fraction of sp³-hybridized carbons (Fsp3) is 0.222. The van der Waals surface area contributed by atoms with Gasteiger partial charge in [0.15, 0.2) is 0 Å². The number of rotatable bonds is 2. The van der Waals surface area contributed by atoms with Crippen LogP contribution in [0.15, 0.2) is 52.9 Å². The van der Waals surface area contributed by atoms with E-state index in [1.54, 1.807) is 0 Å². The average Bonchev–Trinajstić information content (AvgIpc) is 2.89. The van der Waals surface area contributed by atoms with Gasteiger partial charge < -0.3 is 10.2 Å². The summed E-state index contributed by atoms with van der Waals surface area (Å²) in [6.45, 7) is 2.87. The highest BCUT2D eigenvalue weighted by atomic mass is 16.3. The lowest BCUT2D eigenvalue weighted by Gasteiger charge is -2.28. The Morgan fingerprint density at radius 1 is 1.05 bits per heavy atom. The van der Waals surface area contributed by atoms with E-state index in [-0.39, 0.29) is 0 Å². The van der Waals surface area contributed by atoms with Gasteiger partial charge >= 0.3 is 0 Å². The summed E-state index contributed by atoms with van der Waals surface area (Å²) in [5.74, 6) is 1.04. The molecule has 0 spiro atoms. The van der Waals surface area contributed by atoms with Crippen LogP contribution in [0.2, 0.25) is 0 Å². The lowest BCUT2D eigenvalue weighted by Crippen LogP contribution is -2.29. The Morgan fingerprint density at radius 2 is 1.95 bits per heavy atom. The van der Waals surface area contributed by atoms with Crippen molar-refractivity contribution in [3.63, 3.8) is 0 Å². The number of nitrogens with zero attached hydrogens (tertiary/aromatic N) is 1. The highest BCUT2D eigenvalue weighted by Gasteiger charge is 2.17. The van der Waals surface area contributed by atoms with Gasteiger partial charge in [-0.15, -0.1) is 0 Å². The Balaban J connectivity index is 1.54. The van der Waals surface area contributed by atoms with E-state index in [1.165, 1.54) is 16.5 Å². The quantitative estimate of drug-likeness (QED) is 0.729. The van der Waals surface area contributed by atoms with Crippen molar-refractivity contribution in [2.45, 2.75) is 19.5 Å². The highest BCUT2D eigenvalue weighted by molar-refractivity contribution is 5.77. The van der Waals surface area contributed by atoms with Crippen molar-refractivity contribution in [3.8, 4) is 0 Å². The second-order valence-corrected chi connectivity index (χ2v) is 5.74. The maximum atomic E-state index is 5.92. The van der Waals surface area contributed by atoms with E-state index in [9.17, 15) is 0 Å². The van der Waals surface area contributed by atoms with Crippen LogP contribution in [-0.4, -0.2) is 11.4 Å². The summed E-state index contributed by atoms with van der Waals surface area (Å²) in [7, 11) is 0. The van der Waals surface area contributed by atoms with E-state index >= 15 is 0 Å². The van der Waals surface area contributed by atoms with Crippen LogP contribution >= 0.6 is 0 Å².